The Morgan fingerprint density at radius 3 is 1.38 bits per heavy atom. The number of rotatable bonds is 43. The standard InChI is InChI=1S/C46H91FN2O4/c1-5-7-9-11-15-25-33-43-52-45(50)36-28-20-16-23-31-39-49(42-41-48(3)4)40-32-24-17-21-29-37-46(51)53-44(34-26-18-12-10-8-6-2)35-27-19-13-14-22-30-38-47/h44H,5-43H2,1-4H3. The minimum atomic E-state index is -0.199. The molecule has 0 aliphatic rings. The minimum absolute atomic E-state index is 0.00229. The Morgan fingerprint density at radius 2 is 0.887 bits per heavy atom. The van der Waals surface area contributed by atoms with Gasteiger partial charge in [-0.1, -0.05) is 149 Å². The van der Waals surface area contributed by atoms with Crippen LogP contribution in [0.4, 0.5) is 4.39 Å². The van der Waals surface area contributed by atoms with Crippen molar-refractivity contribution >= 4 is 11.9 Å². The number of halogens is 1. The summed E-state index contributed by atoms with van der Waals surface area (Å²) in [6, 6.07) is 0. The van der Waals surface area contributed by atoms with Crippen LogP contribution in [0, 0.1) is 0 Å². The summed E-state index contributed by atoms with van der Waals surface area (Å²) in [5.41, 5.74) is 0. The number of unbranched alkanes of at least 4 members (excludes halogenated alkanes) is 24. The third-order valence-electron chi connectivity index (χ3n) is 10.7. The van der Waals surface area contributed by atoms with E-state index in [0.717, 1.165) is 110 Å². The number of carbonyl (C=O) groups excluding carboxylic acids is 2. The summed E-state index contributed by atoms with van der Waals surface area (Å²) in [5.74, 6) is -0.0171. The highest BCUT2D eigenvalue weighted by molar-refractivity contribution is 5.69. The Labute approximate surface area is 329 Å². The van der Waals surface area contributed by atoms with Crippen molar-refractivity contribution < 1.29 is 23.5 Å². The number of nitrogens with zero attached hydrogens (tertiary/aromatic N) is 2. The molecule has 316 valence electrons. The summed E-state index contributed by atoms with van der Waals surface area (Å²) in [6.45, 7) is 9.39. The summed E-state index contributed by atoms with van der Waals surface area (Å²) in [5, 5.41) is 0. The van der Waals surface area contributed by atoms with E-state index in [1.807, 2.05) is 0 Å². The molecule has 0 aliphatic heterocycles. The van der Waals surface area contributed by atoms with Gasteiger partial charge in [0.15, 0.2) is 0 Å². The molecule has 0 aromatic heterocycles. The third kappa shape index (κ3) is 40.3. The second-order valence-corrected chi connectivity index (χ2v) is 16.3. The van der Waals surface area contributed by atoms with Crippen molar-refractivity contribution in [1.29, 1.82) is 0 Å². The fourth-order valence-electron chi connectivity index (χ4n) is 7.10. The fourth-order valence-corrected chi connectivity index (χ4v) is 7.10. The van der Waals surface area contributed by atoms with Gasteiger partial charge in [0.2, 0.25) is 0 Å². The van der Waals surface area contributed by atoms with Gasteiger partial charge in [-0.25, -0.2) is 0 Å². The number of carbonyl (C=O) groups is 2. The normalized spacial score (nSPS) is 12.2. The van der Waals surface area contributed by atoms with Crippen molar-refractivity contribution in [1.82, 2.24) is 9.80 Å². The first kappa shape index (κ1) is 51.8. The highest BCUT2D eigenvalue weighted by atomic mass is 19.1. The maximum atomic E-state index is 12.8. The number of esters is 2. The van der Waals surface area contributed by atoms with E-state index in [1.165, 1.54) is 109 Å². The Kier molecular flexibility index (Phi) is 41.0. The average molecular weight is 755 g/mol. The van der Waals surface area contributed by atoms with Gasteiger partial charge in [0.25, 0.3) is 0 Å². The molecule has 0 aromatic rings. The molecule has 0 rings (SSSR count). The van der Waals surface area contributed by atoms with Crippen LogP contribution in [-0.4, -0.2) is 81.4 Å². The monoisotopic (exact) mass is 755 g/mol. The molecule has 0 aliphatic carbocycles. The molecule has 0 radical (unpaired) electrons. The molecule has 0 spiro atoms. The molecule has 0 saturated carbocycles. The first-order chi connectivity index (χ1) is 25.9. The molecule has 0 bridgehead atoms. The van der Waals surface area contributed by atoms with Crippen LogP contribution in [0.2, 0.25) is 0 Å². The second kappa shape index (κ2) is 41.9. The smallest absolute Gasteiger partial charge is 0.306 e. The minimum Gasteiger partial charge on any atom is -0.466 e. The van der Waals surface area contributed by atoms with Gasteiger partial charge in [-0.3, -0.25) is 14.0 Å². The molecule has 7 heteroatoms. The van der Waals surface area contributed by atoms with Crippen molar-refractivity contribution in [3.05, 3.63) is 0 Å². The Balaban J connectivity index is 4.13. The summed E-state index contributed by atoms with van der Waals surface area (Å²) in [4.78, 5) is 29.7. The van der Waals surface area contributed by atoms with Gasteiger partial charge < -0.3 is 19.3 Å². The van der Waals surface area contributed by atoms with E-state index in [9.17, 15) is 14.0 Å². The largest absolute Gasteiger partial charge is 0.466 e. The van der Waals surface area contributed by atoms with Gasteiger partial charge in [0, 0.05) is 25.9 Å². The second-order valence-electron chi connectivity index (χ2n) is 16.3. The van der Waals surface area contributed by atoms with Crippen LogP contribution in [0.3, 0.4) is 0 Å². The molecular formula is C46H91FN2O4. The van der Waals surface area contributed by atoms with E-state index in [-0.39, 0.29) is 24.7 Å². The van der Waals surface area contributed by atoms with E-state index in [2.05, 4.69) is 37.7 Å². The van der Waals surface area contributed by atoms with E-state index in [4.69, 9.17) is 9.47 Å². The summed E-state index contributed by atoms with van der Waals surface area (Å²) < 4.78 is 23.8. The first-order valence-corrected chi connectivity index (χ1v) is 23.2. The van der Waals surface area contributed by atoms with E-state index >= 15 is 0 Å². The summed E-state index contributed by atoms with van der Waals surface area (Å²) in [6.07, 6.45) is 37.0. The van der Waals surface area contributed by atoms with Gasteiger partial charge in [-0.15, -0.1) is 0 Å². The molecule has 0 heterocycles. The molecule has 0 aromatic carbocycles. The zero-order valence-corrected chi connectivity index (χ0v) is 36.1. The molecule has 53 heavy (non-hydrogen) atoms. The molecule has 0 saturated heterocycles. The van der Waals surface area contributed by atoms with Crippen LogP contribution in [0.25, 0.3) is 0 Å². The lowest BCUT2D eigenvalue weighted by molar-refractivity contribution is -0.150. The first-order valence-electron chi connectivity index (χ1n) is 23.2. The SMILES string of the molecule is CCCCCCCCCOC(=O)CCCCCCCN(CCCCCCCC(=O)OC(CCCCCCCC)CCCCCCCCF)CCN(C)C. The fraction of sp³-hybridized carbons (Fsp3) is 0.957. The van der Waals surface area contributed by atoms with Crippen molar-refractivity contribution in [2.45, 2.75) is 232 Å². The molecular weight excluding hydrogens is 664 g/mol. The lowest BCUT2D eigenvalue weighted by Crippen LogP contribution is -2.33. The van der Waals surface area contributed by atoms with Crippen LogP contribution in [0.1, 0.15) is 226 Å². The predicted octanol–water partition coefficient (Wildman–Crippen LogP) is 13.2. The van der Waals surface area contributed by atoms with Gasteiger partial charge in [-0.2, -0.15) is 0 Å². The van der Waals surface area contributed by atoms with Crippen molar-refractivity contribution in [2.75, 3.05) is 53.6 Å². The Bertz CT molecular complexity index is 768. The lowest BCUT2D eigenvalue weighted by atomic mass is 10.0. The topological polar surface area (TPSA) is 59.1 Å². The van der Waals surface area contributed by atoms with E-state index in [1.54, 1.807) is 0 Å². The van der Waals surface area contributed by atoms with E-state index in [0.29, 0.717) is 25.9 Å². The van der Waals surface area contributed by atoms with Crippen LogP contribution in [-0.2, 0) is 19.1 Å². The van der Waals surface area contributed by atoms with Gasteiger partial charge in [-0.05, 0) is 91.4 Å². The molecule has 0 N–H and O–H groups in total. The number of hydrogen-bond acceptors (Lipinski definition) is 6. The maximum Gasteiger partial charge on any atom is 0.306 e. The van der Waals surface area contributed by atoms with Gasteiger partial charge >= 0.3 is 11.9 Å². The molecule has 1 atom stereocenters. The maximum absolute atomic E-state index is 12.8. The quantitative estimate of drug-likeness (QED) is 0.0456. The average Bonchev–Trinajstić information content (AvgIpc) is 3.14. The third-order valence-corrected chi connectivity index (χ3v) is 10.7. The van der Waals surface area contributed by atoms with Crippen LogP contribution >= 0.6 is 0 Å². The van der Waals surface area contributed by atoms with E-state index < -0.39 is 0 Å². The molecule has 0 fully saturated rings. The number of alkyl halides is 1. The zero-order chi connectivity index (χ0) is 38.9. The predicted molar refractivity (Wildman–Crippen MR) is 226 cm³/mol. The summed E-state index contributed by atoms with van der Waals surface area (Å²) in [7, 11) is 4.30. The van der Waals surface area contributed by atoms with Gasteiger partial charge in [0.05, 0.1) is 13.3 Å². The van der Waals surface area contributed by atoms with Crippen molar-refractivity contribution in [2.24, 2.45) is 0 Å². The number of hydrogen-bond donors (Lipinski definition) is 0. The van der Waals surface area contributed by atoms with Crippen LogP contribution < -0.4 is 0 Å². The molecule has 0 amide bonds. The van der Waals surface area contributed by atoms with Crippen molar-refractivity contribution in [3.8, 4) is 0 Å². The zero-order valence-electron chi connectivity index (χ0n) is 36.1. The lowest BCUT2D eigenvalue weighted by Gasteiger charge is -2.24. The molecule has 6 nitrogen and oxygen atoms in total. The van der Waals surface area contributed by atoms with Crippen LogP contribution in [0.15, 0.2) is 0 Å². The summed E-state index contributed by atoms with van der Waals surface area (Å²) >= 11 is 0. The highest BCUT2D eigenvalue weighted by Crippen LogP contribution is 2.19. The Morgan fingerprint density at radius 1 is 0.472 bits per heavy atom. The Hall–Kier alpha value is -1.21. The molecule has 1 unspecified atom stereocenters. The van der Waals surface area contributed by atoms with Crippen LogP contribution in [0.5, 0.6) is 0 Å². The van der Waals surface area contributed by atoms with Crippen molar-refractivity contribution in [3.63, 3.8) is 0 Å². The number of ether oxygens (including phenoxy) is 2. The number of likely N-dealkylation sites (N-methyl/N-ethyl adjacent to an activating group) is 1. The highest BCUT2D eigenvalue weighted by Gasteiger charge is 2.14. The van der Waals surface area contributed by atoms with Gasteiger partial charge in [0.1, 0.15) is 6.10 Å².